The van der Waals surface area contributed by atoms with Gasteiger partial charge in [0.2, 0.25) is 5.95 Å². The van der Waals surface area contributed by atoms with Crippen LogP contribution in [0.1, 0.15) is 18.4 Å². The van der Waals surface area contributed by atoms with Crippen molar-refractivity contribution >= 4 is 17.0 Å². The third-order valence-corrected chi connectivity index (χ3v) is 3.54. The van der Waals surface area contributed by atoms with E-state index in [1.165, 1.54) is 5.56 Å². The van der Waals surface area contributed by atoms with Crippen LogP contribution in [0.5, 0.6) is 0 Å². The first-order chi connectivity index (χ1) is 9.74. The number of imidazole rings is 2. The number of anilines is 1. The number of nitrogen functional groups attached to an aromatic ring is 1. The van der Waals surface area contributed by atoms with Gasteiger partial charge >= 0.3 is 0 Å². The summed E-state index contributed by atoms with van der Waals surface area (Å²) >= 11 is 0. The molecule has 0 bridgehead atoms. The predicted molar refractivity (Wildman–Crippen MR) is 80.3 cm³/mol. The summed E-state index contributed by atoms with van der Waals surface area (Å²) in [6.45, 7) is 3.98. The molecule has 0 atom stereocenters. The highest BCUT2D eigenvalue weighted by Gasteiger charge is 2.07. The van der Waals surface area contributed by atoms with Crippen LogP contribution in [-0.4, -0.2) is 19.1 Å². The van der Waals surface area contributed by atoms with Crippen LogP contribution in [0.2, 0.25) is 0 Å². The minimum absolute atomic E-state index is 0.605. The lowest BCUT2D eigenvalue weighted by Crippen LogP contribution is -2.04. The molecule has 0 fully saturated rings. The molecule has 1 aromatic carbocycles. The SMILES string of the molecule is Cc1ccc2nc(N)n(CCCCn3ccnc3)c2c1. The number of nitrogens with zero attached hydrogens (tertiary/aromatic N) is 4. The Labute approximate surface area is 118 Å². The first-order valence-electron chi connectivity index (χ1n) is 6.92. The molecule has 0 spiro atoms. The minimum atomic E-state index is 0.605. The smallest absolute Gasteiger partial charge is 0.201 e. The van der Waals surface area contributed by atoms with Gasteiger partial charge in [0, 0.05) is 25.5 Å². The predicted octanol–water partition coefficient (Wildman–Crippen LogP) is 2.60. The topological polar surface area (TPSA) is 61.7 Å². The van der Waals surface area contributed by atoms with E-state index in [2.05, 4.69) is 38.2 Å². The number of fused-ring (bicyclic) bond motifs is 1. The summed E-state index contributed by atoms with van der Waals surface area (Å²) < 4.78 is 4.20. The number of rotatable bonds is 5. The third kappa shape index (κ3) is 2.52. The van der Waals surface area contributed by atoms with Crippen molar-refractivity contribution in [2.24, 2.45) is 0 Å². The third-order valence-electron chi connectivity index (χ3n) is 3.54. The van der Waals surface area contributed by atoms with Crippen LogP contribution < -0.4 is 5.73 Å². The van der Waals surface area contributed by atoms with Crippen LogP contribution in [-0.2, 0) is 13.1 Å². The quantitative estimate of drug-likeness (QED) is 0.724. The van der Waals surface area contributed by atoms with Gasteiger partial charge in [0.05, 0.1) is 17.4 Å². The molecule has 3 aromatic rings. The largest absolute Gasteiger partial charge is 0.369 e. The summed E-state index contributed by atoms with van der Waals surface area (Å²) in [5.41, 5.74) is 9.35. The van der Waals surface area contributed by atoms with Crippen LogP contribution in [0, 0.1) is 6.92 Å². The van der Waals surface area contributed by atoms with E-state index in [9.17, 15) is 0 Å². The zero-order valence-corrected chi connectivity index (χ0v) is 11.7. The Morgan fingerprint density at radius 3 is 2.85 bits per heavy atom. The normalized spacial score (nSPS) is 11.2. The van der Waals surface area contributed by atoms with Crippen molar-refractivity contribution in [2.45, 2.75) is 32.9 Å². The van der Waals surface area contributed by atoms with Crippen LogP contribution in [0.25, 0.3) is 11.0 Å². The highest BCUT2D eigenvalue weighted by atomic mass is 15.1. The van der Waals surface area contributed by atoms with Gasteiger partial charge in [-0.05, 0) is 37.5 Å². The van der Waals surface area contributed by atoms with E-state index in [0.29, 0.717) is 5.95 Å². The summed E-state index contributed by atoms with van der Waals surface area (Å²) in [6.07, 6.45) is 7.82. The van der Waals surface area contributed by atoms with E-state index in [0.717, 1.165) is 37.0 Å². The Hall–Kier alpha value is -2.30. The molecule has 0 aliphatic carbocycles. The molecule has 0 saturated carbocycles. The fraction of sp³-hybridized carbons (Fsp3) is 0.333. The van der Waals surface area contributed by atoms with Crippen molar-refractivity contribution in [2.75, 3.05) is 5.73 Å². The molecule has 5 nitrogen and oxygen atoms in total. The average molecular weight is 269 g/mol. The van der Waals surface area contributed by atoms with Crippen LogP contribution in [0.3, 0.4) is 0 Å². The molecule has 2 aromatic heterocycles. The van der Waals surface area contributed by atoms with Gasteiger partial charge in [-0.2, -0.15) is 0 Å². The van der Waals surface area contributed by atoms with E-state index >= 15 is 0 Å². The maximum Gasteiger partial charge on any atom is 0.201 e. The highest BCUT2D eigenvalue weighted by molar-refractivity contribution is 5.79. The number of aromatic nitrogens is 4. The monoisotopic (exact) mass is 269 g/mol. The molecule has 0 amide bonds. The molecule has 104 valence electrons. The van der Waals surface area contributed by atoms with E-state index < -0.39 is 0 Å². The van der Waals surface area contributed by atoms with Crippen molar-refractivity contribution < 1.29 is 0 Å². The Morgan fingerprint density at radius 1 is 1.20 bits per heavy atom. The lowest BCUT2D eigenvalue weighted by Gasteiger charge is -2.07. The molecule has 0 saturated heterocycles. The first-order valence-corrected chi connectivity index (χ1v) is 6.92. The standard InChI is InChI=1S/C15H19N5/c1-12-4-5-13-14(10-12)20(15(16)18-13)8-3-2-7-19-9-6-17-11-19/h4-6,9-11H,2-3,7-8H2,1H3,(H2,16,18). The van der Waals surface area contributed by atoms with Crippen molar-refractivity contribution in [3.05, 3.63) is 42.5 Å². The van der Waals surface area contributed by atoms with Crippen molar-refractivity contribution in [1.29, 1.82) is 0 Å². The summed E-state index contributed by atoms with van der Waals surface area (Å²) in [5.74, 6) is 0.605. The fourth-order valence-corrected chi connectivity index (χ4v) is 2.47. The van der Waals surface area contributed by atoms with E-state index in [1.807, 2.05) is 24.8 Å². The molecule has 0 aliphatic heterocycles. The Balaban J connectivity index is 1.67. The molecule has 2 heterocycles. The fourth-order valence-electron chi connectivity index (χ4n) is 2.47. The Kier molecular flexibility index (Phi) is 3.41. The number of benzene rings is 1. The number of hydrogen-bond donors (Lipinski definition) is 1. The molecular weight excluding hydrogens is 250 g/mol. The van der Waals surface area contributed by atoms with E-state index in [-0.39, 0.29) is 0 Å². The maximum absolute atomic E-state index is 6.02. The molecule has 20 heavy (non-hydrogen) atoms. The molecular formula is C15H19N5. The number of nitrogens with two attached hydrogens (primary N) is 1. The summed E-state index contributed by atoms with van der Waals surface area (Å²) in [6, 6.07) is 6.25. The second-order valence-electron chi connectivity index (χ2n) is 5.12. The lowest BCUT2D eigenvalue weighted by atomic mass is 10.2. The number of unbranched alkanes of at least 4 members (excludes halogenated alkanes) is 1. The van der Waals surface area contributed by atoms with Gasteiger partial charge in [-0.1, -0.05) is 6.07 Å². The zero-order chi connectivity index (χ0) is 13.9. The second-order valence-corrected chi connectivity index (χ2v) is 5.12. The highest BCUT2D eigenvalue weighted by Crippen LogP contribution is 2.19. The van der Waals surface area contributed by atoms with Gasteiger partial charge < -0.3 is 14.9 Å². The minimum Gasteiger partial charge on any atom is -0.369 e. The lowest BCUT2D eigenvalue weighted by molar-refractivity contribution is 0.562. The van der Waals surface area contributed by atoms with Crippen molar-refractivity contribution in [3.8, 4) is 0 Å². The number of aryl methyl sites for hydroxylation is 3. The van der Waals surface area contributed by atoms with Gasteiger partial charge in [0.1, 0.15) is 0 Å². The number of hydrogen-bond acceptors (Lipinski definition) is 3. The van der Waals surface area contributed by atoms with Crippen LogP contribution >= 0.6 is 0 Å². The van der Waals surface area contributed by atoms with E-state index in [4.69, 9.17) is 5.73 Å². The van der Waals surface area contributed by atoms with Crippen LogP contribution in [0.15, 0.2) is 36.9 Å². The van der Waals surface area contributed by atoms with E-state index in [1.54, 1.807) is 0 Å². The summed E-state index contributed by atoms with van der Waals surface area (Å²) in [7, 11) is 0. The van der Waals surface area contributed by atoms with Crippen LogP contribution in [0.4, 0.5) is 5.95 Å². The first kappa shape index (κ1) is 12.7. The van der Waals surface area contributed by atoms with Gasteiger partial charge in [0.15, 0.2) is 0 Å². The summed E-state index contributed by atoms with van der Waals surface area (Å²) in [5, 5.41) is 0. The van der Waals surface area contributed by atoms with Gasteiger partial charge in [-0.3, -0.25) is 0 Å². The maximum atomic E-state index is 6.02. The Bertz CT molecular complexity index is 696. The molecule has 0 radical (unpaired) electrons. The molecule has 3 rings (SSSR count). The van der Waals surface area contributed by atoms with Gasteiger partial charge in [-0.25, -0.2) is 9.97 Å². The zero-order valence-electron chi connectivity index (χ0n) is 11.7. The van der Waals surface area contributed by atoms with Gasteiger partial charge in [-0.15, -0.1) is 0 Å². The second kappa shape index (κ2) is 5.36. The molecule has 0 unspecified atom stereocenters. The van der Waals surface area contributed by atoms with Crippen molar-refractivity contribution in [1.82, 2.24) is 19.1 Å². The molecule has 2 N–H and O–H groups in total. The van der Waals surface area contributed by atoms with Crippen molar-refractivity contribution in [3.63, 3.8) is 0 Å². The van der Waals surface area contributed by atoms with Gasteiger partial charge in [0.25, 0.3) is 0 Å². The Morgan fingerprint density at radius 2 is 2.05 bits per heavy atom. The molecule has 5 heteroatoms. The molecule has 0 aliphatic rings. The average Bonchev–Trinajstić information content (AvgIpc) is 3.03. The summed E-state index contributed by atoms with van der Waals surface area (Å²) in [4.78, 5) is 8.45.